The van der Waals surface area contributed by atoms with Crippen LogP contribution in [0.5, 0.6) is 0 Å². The number of halogens is 6. The van der Waals surface area contributed by atoms with Crippen LogP contribution in [0.25, 0.3) is 22.3 Å². The Hall–Kier alpha value is -3.99. The number of hydrogen-bond donors (Lipinski definition) is 0. The number of nitrogens with zero attached hydrogens (tertiary/aromatic N) is 2. The Labute approximate surface area is 295 Å². The van der Waals surface area contributed by atoms with E-state index < -0.39 is 120 Å². The Morgan fingerprint density at radius 3 is 1.23 bits per heavy atom. The minimum atomic E-state index is -4.56. The summed E-state index contributed by atoms with van der Waals surface area (Å²) in [6.07, 6.45) is 6.08. The molecule has 2 saturated carbocycles. The molecule has 2 aliphatic carbocycles. The van der Waals surface area contributed by atoms with Crippen LogP contribution in [0.3, 0.4) is 0 Å². The fourth-order valence-corrected chi connectivity index (χ4v) is 9.18. The maximum atomic E-state index is 15.0. The molecule has 2 aliphatic rings. The van der Waals surface area contributed by atoms with Gasteiger partial charge in [0.1, 0.15) is 51.6 Å². The average Bonchev–Trinajstić information content (AvgIpc) is 4.06. The molecule has 0 saturated heterocycles. The van der Waals surface area contributed by atoms with E-state index in [0.717, 1.165) is 49.2 Å². The zero-order valence-corrected chi connectivity index (χ0v) is 29.7. The molecule has 4 aromatic rings. The smallest absolute Gasteiger partial charge is 0.194 e. The number of aromatic nitrogens is 2. The third kappa shape index (κ3) is 6.26. The molecule has 0 unspecified atom stereocenters. The van der Waals surface area contributed by atoms with Gasteiger partial charge in [0.25, 0.3) is 0 Å². The molecular weight excluding hydrogens is 739 g/mol. The van der Waals surface area contributed by atoms with Crippen molar-refractivity contribution < 1.29 is 57.0 Å². The van der Waals surface area contributed by atoms with Crippen molar-refractivity contribution in [3.8, 4) is 22.3 Å². The van der Waals surface area contributed by atoms with Crippen LogP contribution in [0.4, 0.5) is 26.3 Å². The maximum absolute atomic E-state index is 15.0. The second kappa shape index (κ2) is 13.8. The van der Waals surface area contributed by atoms with Crippen molar-refractivity contribution in [1.29, 1.82) is 0 Å². The van der Waals surface area contributed by atoms with Crippen LogP contribution in [-0.4, -0.2) is 85.5 Å². The molecule has 2 fully saturated rings. The van der Waals surface area contributed by atoms with E-state index in [-0.39, 0.29) is 34.5 Å². The number of alkyl halides is 6. The van der Waals surface area contributed by atoms with E-state index in [0.29, 0.717) is 25.7 Å². The van der Waals surface area contributed by atoms with E-state index in [2.05, 4.69) is 10.3 Å². The highest BCUT2D eigenvalue weighted by Crippen LogP contribution is 2.51. The monoisotopic (exact) mass is 772 g/mol. The van der Waals surface area contributed by atoms with Gasteiger partial charge in [-0.15, -0.1) is 0 Å². The fourth-order valence-electron chi connectivity index (χ4n) is 6.63. The molecule has 6 rings (SSSR count). The predicted octanol–water partition coefficient (Wildman–Crippen LogP) is 7.08. The van der Waals surface area contributed by atoms with Crippen LogP contribution in [0.2, 0.25) is 0 Å². The summed E-state index contributed by atoms with van der Waals surface area (Å²) >= 11 is 0. The SMILES string of the molecule is CS(=O)(=O)c1c(C(CF)(CF)CF)ccc(C(=O)c2ccc(C(CF)(CF)CF)c(S(C)(=O)=O)c2-c2cnoc2C2CC2)c1-c1cnoc1C1CC1. The molecule has 0 radical (unpaired) electrons. The van der Waals surface area contributed by atoms with Crippen molar-refractivity contribution in [2.75, 3.05) is 52.6 Å². The Bertz CT molecular complexity index is 2070. The number of hydrogen-bond acceptors (Lipinski definition) is 9. The Morgan fingerprint density at radius 2 is 0.962 bits per heavy atom. The Morgan fingerprint density at radius 1 is 0.635 bits per heavy atom. The summed E-state index contributed by atoms with van der Waals surface area (Å²) in [6, 6.07) is 3.95. The summed E-state index contributed by atoms with van der Waals surface area (Å²) in [7, 11) is -9.12. The zero-order valence-electron chi connectivity index (χ0n) is 28.0. The van der Waals surface area contributed by atoms with Gasteiger partial charge >= 0.3 is 0 Å². The van der Waals surface area contributed by atoms with Gasteiger partial charge in [-0.05, 0) is 36.8 Å². The third-order valence-corrected chi connectivity index (χ3v) is 12.2. The molecular formula is C35H34F6N2O7S2. The third-order valence-electron chi connectivity index (χ3n) is 9.86. The number of benzene rings is 2. The van der Waals surface area contributed by atoms with Crippen molar-refractivity contribution in [2.45, 2.75) is 58.1 Å². The summed E-state index contributed by atoms with van der Waals surface area (Å²) in [4.78, 5) is 13.5. The fraction of sp³-hybridized carbons (Fsp3) is 0.457. The number of ketones is 1. The molecule has 2 heterocycles. The van der Waals surface area contributed by atoms with Crippen LogP contribution >= 0.6 is 0 Å². The first-order valence-corrected chi connectivity index (χ1v) is 20.0. The highest BCUT2D eigenvalue weighted by molar-refractivity contribution is 7.91. The van der Waals surface area contributed by atoms with Crippen LogP contribution in [-0.2, 0) is 30.5 Å². The van der Waals surface area contributed by atoms with Crippen LogP contribution in [0.1, 0.15) is 76.1 Å². The highest BCUT2D eigenvalue weighted by atomic mass is 32.2. The summed E-state index contributed by atoms with van der Waals surface area (Å²) in [6.45, 7) is -9.87. The number of carbonyl (C=O) groups is 1. The van der Waals surface area contributed by atoms with Crippen LogP contribution in [0.15, 0.2) is 55.5 Å². The van der Waals surface area contributed by atoms with Gasteiger partial charge in [-0.25, -0.2) is 43.2 Å². The lowest BCUT2D eigenvalue weighted by Crippen LogP contribution is -2.36. The molecule has 0 atom stereocenters. The lowest BCUT2D eigenvalue weighted by atomic mass is 9.79. The molecule has 52 heavy (non-hydrogen) atoms. The first kappa shape index (κ1) is 37.8. The van der Waals surface area contributed by atoms with E-state index in [4.69, 9.17) is 9.05 Å². The van der Waals surface area contributed by atoms with Crippen molar-refractivity contribution in [3.05, 3.63) is 70.4 Å². The summed E-state index contributed by atoms with van der Waals surface area (Å²) in [5.41, 5.74) is -8.09. The van der Waals surface area contributed by atoms with Crippen molar-refractivity contribution >= 4 is 25.5 Å². The largest absolute Gasteiger partial charge is 0.360 e. The molecule has 0 amide bonds. The standard InChI is InChI=1S/C35H34F6N2O7S2/c1-51(45,46)32-25(34(13-36,14-37)15-38)9-7-21(27(32)23-11-42-49-30(23)19-3-4-19)29(44)22-8-10-26(35(16-39,17-40)18-41)33(52(2,47)48)28(22)24-12-43-50-31(24)20-5-6-20/h7-12,19-20H,3-6,13-18H2,1-2H3. The summed E-state index contributed by atoms with van der Waals surface area (Å²) in [5.74, 6) is -1.26. The molecule has 17 heteroatoms. The number of carbonyl (C=O) groups excluding carboxylic acids is 1. The molecule has 0 bridgehead atoms. The lowest BCUT2D eigenvalue weighted by molar-refractivity contribution is 0.103. The molecule has 9 nitrogen and oxygen atoms in total. The highest BCUT2D eigenvalue weighted by Gasteiger charge is 2.44. The van der Waals surface area contributed by atoms with Crippen LogP contribution in [0, 0.1) is 0 Å². The molecule has 280 valence electrons. The van der Waals surface area contributed by atoms with E-state index in [1.165, 1.54) is 0 Å². The van der Waals surface area contributed by atoms with Gasteiger partial charge in [0, 0.05) is 57.7 Å². The molecule has 2 aromatic carbocycles. The Balaban J connectivity index is 1.76. The van der Waals surface area contributed by atoms with Crippen molar-refractivity contribution in [1.82, 2.24) is 10.3 Å². The van der Waals surface area contributed by atoms with E-state index in [1.807, 2.05) is 0 Å². The van der Waals surface area contributed by atoms with Crippen molar-refractivity contribution in [2.24, 2.45) is 0 Å². The topological polar surface area (TPSA) is 137 Å². The quantitative estimate of drug-likeness (QED) is 0.0864. The van der Waals surface area contributed by atoms with E-state index in [9.17, 15) is 43.2 Å². The zero-order chi connectivity index (χ0) is 37.8. The minimum absolute atomic E-state index is 0.0324. The Kier molecular flexibility index (Phi) is 10.00. The average molecular weight is 773 g/mol. The second-order valence-corrected chi connectivity index (χ2v) is 17.6. The first-order chi connectivity index (χ1) is 24.7. The molecule has 0 N–H and O–H groups in total. The van der Waals surface area contributed by atoms with Gasteiger partial charge in [0.2, 0.25) is 0 Å². The van der Waals surface area contributed by atoms with Gasteiger partial charge in [-0.1, -0.05) is 34.6 Å². The normalized spacial score (nSPS) is 15.7. The lowest BCUT2D eigenvalue weighted by Gasteiger charge is -2.30. The molecule has 0 aliphatic heterocycles. The summed E-state index contributed by atoms with van der Waals surface area (Å²) < 4.78 is 153. The van der Waals surface area contributed by atoms with Gasteiger partial charge < -0.3 is 9.05 Å². The molecule has 0 spiro atoms. The number of sulfone groups is 2. The second-order valence-electron chi connectivity index (χ2n) is 13.7. The predicted molar refractivity (Wildman–Crippen MR) is 177 cm³/mol. The number of rotatable bonds is 16. The van der Waals surface area contributed by atoms with Crippen molar-refractivity contribution in [3.63, 3.8) is 0 Å². The van der Waals surface area contributed by atoms with E-state index >= 15 is 4.79 Å². The maximum Gasteiger partial charge on any atom is 0.194 e. The minimum Gasteiger partial charge on any atom is -0.360 e. The molecule has 2 aromatic heterocycles. The summed E-state index contributed by atoms with van der Waals surface area (Å²) in [5, 5.41) is 7.62. The van der Waals surface area contributed by atoms with Gasteiger partial charge in [0.15, 0.2) is 25.5 Å². The van der Waals surface area contributed by atoms with E-state index in [1.54, 1.807) is 0 Å². The first-order valence-electron chi connectivity index (χ1n) is 16.2. The van der Waals surface area contributed by atoms with Gasteiger partial charge in [-0.3, -0.25) is 4.79 Å². The van der Waals surface area contributed by atoms with Crippen LogP contribution < -0.4 is 0 Å². The van der Waals surface area contributed by atoms with Gasteiger partial charge in [0.05, 0.1) is 33.0 Å². The van der Waals surface area contributed by atoms with Gasteiger partial charge in [-0.2, -0.15) is 0 Å².